The van der Waals surface area contributed by atoms with Gasteiger partial charge in [0.2, 0.25) is 10.0 Å². The van der Waals surface area contributed by atoms with Crippen molar-refractivity contribution in [2.45, 2.75) is 11.8 Å². The second kappa shape index (κ2) is 6.88. The number of aromatic nitrogens is 4. The average molecular weight is 432 g/mol. The molecule has 2 fully saturated rings. The lowest BCUT2D eigenvalue weighted by Gasteiger charge is -2.22. The summed E-state index contributed by atoms with van der Waals surface area (Å²) in [4.78, 5) is 2.12. The summed E-state index contributed by atoms with van der Waals surface area (Å²) >= 11 is 0. The van der Waals surface area contributed by atoms with Crippen molar-refractivity contribution in [2.24, 2.45) is 11.8 Å². The van der Waals surface area contributed by atoms with E-state index in [1.165, 1.54) is 23.5 Å². The molecule has 11 heteroatoms. The quantitative estimate of drug-likeness (QED) is 0.614. The molecule has 0 spiro atoms. The molecule has 2 atom stereocenters. The van der Waals surface area contributed by atoms with Crippen LogP contribution in [0.4, 0.5) is 10.2 Å². The van der Waals surface area contributed by atoms with Gasteiger partial charge >= 0.3 is 0 Å². The zero-order valence-electron chi connectivity index (χ0n) is 16.6. The Labute approximate surface area is 173 Å². The van der Waals surface area contributed by atoms with Gasteiger partial charge in [-0.1, -0.05) is 0 Å². The number of hydrogen-bond acceptors (Lipinski definition) is 7. The fourth-order valence-electron chi connectivity index (χ4n) is 4.35. The highest BCUT2D eigenvalue weighted by Crippen LogP contribution is 2.36. The molecular formula is C19H21FN6O3S. The molecule has 0 amide bonds. The third-order valence-electron chi connectivity index (χ3n) is 5.94. The molecule has 30 heavy (non-hydrogen) atoms. The fraction of sp³-hybridized carbons (Fsp3) is 0.421. The zero-order chi connectivity index (χ0) is 21.0. The Morgan fingerprint density at radius 2 is 1.80 bits per heavy atom. The van der Waals surface area contributed by atoms with E-state index in [2.05, 4.69) is 20.2 Å². The number of nitrogens with zero attached hydrogens (tertiary/aromatic N) is 6. The summed E-state index contributed by atoms with van der Waals surface area (Å²) in [6.45, 7) is 4.09. The largest absolute Gasteiger partial charge is 0.494 e. The van der Waals surface area contributed by atoms with Gasteiger partial charge in [0.1, 0.15) is 5.82 Å². The minimum absolute atomic E-state index is 0.0238. The lowest BCUT2D eigenvalue weighted by molar-refractivity contribution is 0.385. The van der Waals surface area contributed by atoms with E-state index in [-0.39, 0.29) is 22.5 Å². The van der Waals surface area contributed by atoms with E-state index in [0.29, 0.717) is 31.8 Å². The number of anilines is 1. The van der Waals surface area contributed by atoms with Crippen LogP contribution in [0.5, 0.6) is 5.75 Å². The number of sulfonamides is 1. The molecule has 3 aromatic rings. The molecule has 1 aromatic carbocycles. The van der Waals surface area contributed by atoms with E-state index >= 15 is 0 Å². The normalized spacial score (nSPS) is 22.0. The van der Waals surface area contributed by atoms with Crippen LogP contribution in [0.15, 0.2) is 35.2 Å². The Balaban J connectivity index is 1.32. The first-order valence-electron chi connectivity index (χ1n) is 9.64. The van der Waals surface area contributed by atoms with Crippen molar-refractivity contribution in [2.75, 3.05) is 38.2 Å². The van der Waals surface area contributed by atoms with Crippen LogP contribution in [-0.4, -0.2) is 65.8 Å². The minimum Gasteiger partial charge on any atom is -0.494 e. The average Bonchev–Trinajstić information content (AvgIpc) is 3.41. The van der Waals surface area contributed by atoms with Gasteiger partial charge < -0.3 is 9.64 Å². The van der Waals surface area contributed by atoms with Crippen molar-refractivity contribution >= 4 is 21.5 Å². The molecule has 9 nitrogen and oxygen atoms in total. The highest BCUT2D eigenvalue weighted by molar-refractivity contribution is 7.89. The van der Waals surface area contributed by atoms with E-state index in [9.17, 15) is 12.8 Å². The summed E-state index contributed by atoms with van der Waals surface area (Å²) < 4.78 is 48.1. The van der Waals surface area contributed by atoms with E-state index in [4.69, 9.17) is 4.74 Å². The van der Waals surface area contributed by atoms with E-state index in [0.717, 1.165) is 17.7 Å². The summed E-state index contributed by atoms with van der Waals surface area (Å²) in [7, 11) is -2.41. The molecule has 2 aromatic heterocycles. The number of fused-ring (bicyclic) bond motifs is 2. The first-order chi connectivity index (χ1) is 14.4. The van der Waals surface area contributed by atoms with Crippen LogP contribution >= 0.6 is 0 Å². The number of hydrogen-bond donors (Lipinski definition) is 0. The number of ether oxygens (including phenoxy) is 1. The molecule has 2 unspecified atom stereocenters. The van der Waals surface area contributed by atoms with Crippen LogP contribution in [0.3, 0.4) is 0 Å². The van der Waals surface area contributed by atoms with Crippen LogP contribution in [0.25, 0.3) is 5.65 Å². The fourth-order valence-corrected chi connectivity index (χ4v) is 5.91. The van der Waals surface area contributed by atoms with Gasteiger partial charge in [0, 0.05) is 26.2 Å². The molecule has 2 saturated heterocycles. The van der Waals surface area contributed by atoms with Crippen molar-refractivity contribution in [3.05, 3.63) is 42.0 Å². The smallest absolute Gasteiger partial charge is 0.243 e. The molecule has 2 aliphatic heterocycles. The second-order valence-corrected chi connectivity index (χ2v) is 9.69. The molecule has 0 aliphatic carbocycles. The Morgan fingerprint density at radius 3 is 2.47 bits per heavy atom. The molecule has 0 N–H and O–H groups in total. The van der Waals surface area contributed by atoms with Crippen molar-refractivity contribution in [3.8, 4) is 5.75 Å². The van der Waals surface area contributed by atoms with Crippen LogP contribution in [-0.2, 0) is 10.0 Å². The number of halogens is 1. The summed E-state index contributed by atoms with van der Waals surface area (Å²) in [6.07, 6.45) is 0. The Bertz CT molecular complexity index is 1220. The predicted molar refractivity (Wildman–Crippen MR) is 106 cm³/mol. The monoisotopic (exact) mass is 432 g/mol. The van der Waals surface area contributed by atoms with Crippen LogP contribution in [0.2, 0.25) is 0 Å². The molecular weight excluding hydrogens is 411 g/mol. The van der Waals surface area contributed by atoms with E-state index in [1.807, 2.05) is 19.1 Å². The molecule has 0 bridgehead atoms. The maximum absolute atomic E-state index is 14.0. The van der Waals surface area contributed by atoms with Gasteiger partial charge in [0.05, 0.1) is 12.0 Å². The highest BCUT2D eigenvalue weighted by Gasteiger charge is 2.44. The highest BCUT2D eigenvalue weighted by atomic mass is 32.2. The number of aryl methyl sites for hydroxylation is 1. The number of benzene rings is 1. The van der Waals surface area contributed by atoms with Gasteiger partial charge in [-0.2, -0.15) is 8.82 Å². The standard InChI is InChI=1S/C19H21FN6O3S/c1-12-21-22-18-5-6-19(23-26(12)18)24-8-13-10-25(11-14(13)9-24)30(27,28)15-3-4-17(29-2)16(20)7-15/h3-7,13-14H,8-11H2,1-2H3. The molecule has 2 aliphatic rings. The molecule has 0 saturated carbocycles. The van der Waals surface area contributed by atoms with Gasteiger partial charge in [-0.3, -0.25) is 0 Å². The first kappa shape index (κ1) is 19.2. The van der Waals surface area contributed by atoms with Gasteiger partial charge in [-0.25, -0.2) is 12.8 Å². The lowest BCUT2D eigenvalue weighted by atomic mass is 10.0. The predicted octanol–water partition coefficient (Wildman–Crippen LogP) is 1.34. The van der Waals surface area contributed by atoms with Crippen LogP contribution < -0.4 is 9.64 Å². The SMILES string of the molecule is COc1ccc(S(=O)(=O)N2CC3CN(c4ccc5nnc(C)n5n4)CC3C2)cc1F. The third-order valence-corrected chi connectivity index (χ3v) is 7.77. The molecule has 158 valence electrons. The minimum atomic E-state index is -3.75. The Morgan fingerprint density at radius 1 is 1.07 bits per heavy atom. The van der Waals surface area contributed by atoms with Crippen molar-refractivity contribution in [1.82, 2.24) is 24.1 Å². The lowest BCUT2D eigenvalue weighted by Crippen LogP contribution is -2.33. The van der Waals surface area contributed by atoms with Crippen molar-refractivity contribution in [3.63, 3.8) is 0 Å². The van der Waals surface area contributed by atoms with Gasteiger partial charge in [-0.15, -0.1) is 15.3 Å². The summed E-state index contributed by atoms with van der Waals surface area (Å²) in [5.41, 5.74) is 0.694. The zero-order valence-corrected chi connectivity index (χ0v) is 17.4. The Hall–Kier alpha value is -2.79. The maximum Gasteiger partial charge on any atom is 0.243 e. The first-order valence-corrected chi connectivity index (χ1v) is 11.1. The number of methoxy groups -OCH3 is 1. The van der Waals surface area contributed by atoms with E-state index < -0.39 is 15.8 Å². The summed E-state index contributed by atoms with van der Waals surface area (Å²) in [5.74, 6) is 1.27. The molecule has 5 rings (SSSR count). The van der Waals surface area contributed by atoms with Crippen molar-refractivity contribution < 1.29 is 17.5 Å². The summed E-state index contributed by atoms with van der Waals surface area (Å²) in [5, 5.41) is 12.7. The Kier molecular flexibility index (Phi) is 4.40. The molecule has 4 heterocycles. The van der Waals surface area contributed by atoms with Gasteiger partial charge in [-0.05, 0) is 49.1 Å². The van der Waals surface area contributed by atoms with E-state index in [1.54, 1.807) is 4.52 Å². The van der Waals surface area contributed by atoms with Crippen LogP contribution in [0.1, 0.15) is 5.82 Å². The molecule has 0 radical (unpaired) electrons. The van der Waals surface area contributed by atoms with Gasteiger partial charge in [0.25, 0.3) is 0 Å². The second-order valence-electron chi connectivity index (χ2n) is 7.75. The topological polar surface area (TPSA) is 92.9 Å². The van der Waals surface area contributed by atoms with Gasteiger partial charge in [0.15, 0.2) is 23.0 Å². The summed E-state index contributed by atoms with van der Waals surface area (Å²) in [6, 6.07) is 7.55. The van der Waals surface area contributed by atoms with Crippen molar-refractivity contribution in [1.29, 1.82) is 0 Å². The third kappa shape index (κ3) is 3.00. The van der Waals surface area contributed by atoms with Crippen LogP contribution in [0, 0.1) is 24.6 Å². The maximum atomic E-state index is 14.0. The number of rotatable bonds is 4.